The van der Waals surface area contributed by atoms with Gasteiger partial charge < -0.3 is 11.5 Å². The predicted molar refractivity (Wildman–Crippen MR) is 32.5 cm³/mol. The monoisotopic (exact) mass is 146 g/mol. The molecule has 0 radical (unpaired) electrons. The lowest BCUT2D eigenvalue weighted by Gasteiger charge is -1.98. The summed E-state index contributed by atoms with van der Waals surface area (Å²) >= 11 is 0. The van der Waals surface area contributed by atoms with E-state index >= 15 is 0 Å². The average molecular weight is 146 g/mol. The van der Waals surface area contributed by atoms with E-state index in [4.69, 9.17) is 21.1 Å². The molecule has 0 heterocycles. The molecule has 4 N–H and O–H groups in total. The molecule has 0 aliphatic rings. The van der Waals surface area contributed by atoms with Gasteiger partial charge in [-0.15, -0.1) is 0 Å². The minimum atomic E-state index is -0.458. The van der Waals surface area contributed by atoms with Crippen molar-refractivity contribution in [1.82, 2.24) is 0 Å². The number of amides is 1. The zero-order valence-corrected chi connectivity index (χ0v) is 5.66. The van der Waals surface area contributed by atoms with Crippen molar-refractivity contribution >= 4 is 12.1 Å². The molecule has 0 aliphatic carbocycles. The lowest BCUT2D eigenvalue weighted by molar-refractivity contribution is -0.191. The first kappa shape index (κ1) is 11.6. The van der Waals surface area contributed by atoms with Gasteiger partial charge in [0, 0.05) is 0 Å². The molecule has 58 valence electrons. The molecule has 1 amide bonds. The summed E-state index contributed by atoms with van der Waals surface area (Å²) in [4.78, 5) is 26.3. The third kappa shape index (κ3) is 9.94. The highest BCUT2D eigenvalue weighted by atomic mass is 16.2. The molecule has 0 rings (SSSR count). The number of rotatable bonds is 2. The molecule has 0 unspecified atom stereocenters. The number of hydrogen-bond acceptors (Lipinski definition) is 4. The fraction of sp³-hybridized carbons (Fsp3) is 0.600. The van der Waals surface area contributed by atoms with Crippen LogP contribution in [0, 0.1) is 0 Å². The maximum Gasteiger partial charge on any atom is 0.373 e. The third-order valence-electron chi connectivity index (χ3n) is 0.805. The van der Waals surface area contributed by atoms with Gasteiger partial charge in [0.1, 0.15) is 0 Å². The molecule has 5 nitrogen and oxygen atoms in total. The van der Waals surface area contributed by atoms with Crippen LogP contribution in [0.15, 0.2) is 0 Å². The van der Waals surface area contributed by atoms with Crippen molar-refractivity contribution in [3.8, 4) is 0 Å². The summed E-state index contributed by atoms with van der Waals surface area (Å²) in [5.41, 5.74) is 9.92. The zero-order valence-electron chi connectivity index (χ0n) is 5.66. The second-order valence-electron chi connectivity index (χ2n) is 1.50. The van der Waals surface area contributed by atoms with E-state index in [-0.39, 0.29) is 6.15 Å². The molecule has 0 aromatic heterocycles. The van der Waals surface area contributed by atoms with Gasteiger partial charge in [-0.3, -0.25) is 4.79 Å². The predicted octanol–water partition coefficient (Wildman–Crippen LogP) is -1.37. The molecule has 0 bridgehead atoms. The van der Waals surface area contributed by atoms with E-state index in [0.717, 1.165) is 0 Å². The molecular weight excluding hydrogens is 136 g/mol. The number of nitrogens with two attached hydrogens (primary N) is 2. The Morgan fingerprint density at radius 1 is 1.60 bits per heavy atom. The van der Waals surface area contributed by atoms with E-state index in [9.17, 15) is 4.79 Å². The largest absolute Gasteiger partial charge is 0.373 e. The van der Waals surface area contributed by atoms with E-state index < -0.39 is 11.9 Å². The van der Waals surface area contributed by atoms with Gasteiger partial charge in [-0.2, -0.15) is 9.59 Å². The molecule has 0 aromatic rings. The van der Waals surface area contributed by atoms with Crippen molar-refractivity contribution in [3.05, 3.63) is 0 Å². The van der Waals surface area contributed by atoms with Crippen molar-refractivity contribution in [2.24, 2.45) is 11.5 Å². The van der Waals surface area contributed by atoms with Crippen LogP contribution in [0.5, 0.6) is 0 Å². The third-order valence-corrected chi connectivity index (χ3v) is 0.805. The normalized spacial score (nSPS) is 10.2. The summed E-state index contributed by atoms with van der Waals surface area (Å²) in [6, 6.07) is -0.458. The van der Waals surface area contributed by atoms with Crippen LogP contribution in [-0.2, 0) is 14.4 Å². The smallest absolute Gasteiger partial charge is 0.368 e. The quantitative estimate of drug-likeness (QED) is 0.501. The van der Waals surface area contributed by atoms with Gasteiger partial charge in [0.25, 0.3) is 0 Å². The first-order valence-corrected chi connectivity index (χ1v) is 2.64. The van der Waals surface area contributed by atoms with Crippen LogP contribution in [0.4, 0.5) is 0 Å². The fourth-order valence-corrected chi connectivity index (χ4v) is 0.201. The SMILES string of the molecule is CC[C@@H](N)C(N)=O.O=C=O. The van der Waals surface area contributed by atoms with E-state index in [1.807, 2.05) is 6.92 Å². The van der Waals surface area contributed by atoms with E-state index in [1.165, 1.54) is 0 Å². The summed E-state index contributed by atoms with van der Waals surface area (Å²) in [5.74, 6) is -0.428. The summed E-state index contributed by atoms with van der Waals surface area (Å²) in [6.07, 6.45) is 0.870. The summed E-state index contributed by atoms with van der Waals surface area (Å²) in [7, 11) is 0. The first-order chi connectivity index (χ1) is 4.59. The van der Waals surface area contributed by atoms with Crippen molar-refractivity contribution in [2.75, 3.05) is 0 Å². The van der Waals surface area contributed by atoms with Crippen LogP contribution in [0.25, 0.3) is 0 Å². The van der Waals surface area contributed by atoms with Crippen LogP contribution in [0.2, 0.25) is 0 Å². The number of carbonyl (C=O) groups excluding carboxylic acids is 3. The van der Waals surface area contributed by atoms with Gasteiger partial charge in [-0.25, -0.2) is 0 Å². The minimum absolute atomic E-state index is 0.250. The van der Waals surface area contributed by atoms with Crippen LogP contribution < -0.4 is 11.5 Å². The Morgan fingerprint density at radius 2 is 1.90 bits per heavy atom. The van der Waals surface area contributed by atoms with Crippen molar-refractivity contribution in [2.45, 2.75) is 19.4 Å². The van der Waals surface area contributed by atoms with Gasteiger partial charge in [0.05, 0.1) is 6.04 Å². The van der Waals surface area contributed by atoms with Crippen molar-refractivity contribution in [1.29, 1.82) is 0 Å². The van der Waals surface area contributed by atoms with Gasteiger partial charge in [-0.1, -0.05) is 6.92 Å². The molecule has 0 spiro atoms. The highest BCUT2D eigenvalue weighted by Crippen LogP contribution is 1.80. The maximum absolute atomic E-state index is 10.0. The summed E-state index contributed by atoms with van der Waals surface area (Å²) in [6.45, 7) is 1.81. The Hall–Kier alpha value is -1.19. The molecule has 0 fully saturated rings. The van der Waals surface area contributed by atoms with Crippen LogP contribution in [0.3, 0.4) is 0 Å². The second kappa shape index (κ2) is 7.81. The van der Waals surface area contributed by atoms with Crippen LogP contribution in [0.1, 0.15) is 13.3 Å². The molecule has 0 saturated carbocycles. The Balaban J connectivity index is 0. The Morgan fingerprint density at radius 3 is 1.90 bits per heavy atom. The topological polar surface area (TPSA) is 103 Å². The Bertz CT molecular complexity index is 129. The van der Waals surface area contributed by atoms with E-state index in [2.05, 4.69) is 0 Å². The first-order valence-electron chi connectivity index (χ1n) is 2.64. The fourth-order valence-electron chi connectivity index (χ4n) is 0.201. The number of primary amides is 1. The molecule has 0 aliphatic heterocycles. The van der Waals surface area contributed by atoms with Crippen molar-refractivity contribution in [3.63, 3.8) is 0 Å². The summed E-state index contributed by atoms with van der Waals surface area (Å²) < 4.78 is 0. The van der Waals surface area contributed by atoms with Crippen molar-refractivity contribution < 1.29 is 14.4 Å². The highest BCUT2D eigenvalue weighted by Gasteiger charge is 2.02. The second-order valence-corrected chi connectivity index (χ2v) is 1.50. The maximum atomic E-state index is 10.0. The Kier molecular flexibility index (Phi) is 9.05. The lowest BCUT2D eigenvalue weighted by Crippen LogP contribution is -2.35. The standard InChI is InChI=1S/C4H10N2O.CO2/c1-2-3(5)4(6)7;2-1-3/h3H,2,5H2,1H3,(H2,6,7);/t3-;/m1./s1. The number of carbonyl (C=O) groups is 1. The molecular formula is C5H10N2O3. The number of hydrogen-bond donors (Lipinski definition) is 2. The molecule has 0 saturated heterocycles. The van der Waals surface area contributed by atoms with Gasteiger partial charge >= 0.3 is 6.15 Å². The van der Waals surface area contributed by atoms with Crippen LogP contribution >= 0.6 is 0 Å². The summed E-state index contributed by atoms with van der Waals surface area (Å²) in [5, 5.41) is 0. The van der Waals surface area contributed by atoms with E-state index in [1.54, 1.807) is 0 Å². The minimum Gasteiger partial charge on any atom is -0.368 e. The lowest BCUT2D eigenvalue weighted by atomic mass is 10.2. The van der Waals surface area contributed by atoms with E-state index in [0.29, 0.717) is 6.42 Å². The Labute approximate surface area is 58.4 Å². The molecule has 1 atom stereocenters. The molecule has 5 heteroatoms. The average Bonchev–Trinajstić information content (AvgIpc) is 1.88. The van der Waals surface area contributed by atoms with Gasteiger partial charge in [0.15, 0.2) is 0 Å². The zero-order chi connectivity index (χ0) is 8.57. The van der Waals surface area contributed by atoms with Crippen LogP contribution in [-0.4, -0.2) is 18.1 Å². The van der Waals surface area contributed by atoms with Gasteiger partial charge in [0.2, 0.25) is 5.91 Å². The highest BCUT2D eigenvalue weighted by molar-refractivity contribution is 5.79. The molecule has 0 aromatic carbocycles. The molecule has 10 heavy (non-hydrogen) atoms. The van der Waals surface area contributed by atoms with Gasteiger partial charge in [-0.05, 0) is 6.42 Å².